The molecule has 2 N–H and O–H groups in total. The molecule has 0 saturated heterocycles. The number of hydrogen-bond acceptors (Lipinski definition) is 3. The zero-order chi connectivity index (χ0) is 8.91. The van der Waals surface area contributed by atoms with Crippen LogP contribution in [0.15, 0.2) is 0 Å². The van der Waals surface area contributed by atoms with Gasteiger partial charge in [0, 0.05) is 6.54 Å². The Bertz CT molecular complexity index is 132. The van der Waals surface area contributed by atoms with E-state index in [-0.39, 0.29) is 5.78 Å². The molecule has 0 aliphatic heterocycles. The van der Waals surface area contributed by atoms with Crippen LogP contribution in [0.2, 0.25) is 0 Å². The summed E-state index contributed by atoms with van der Waals surface area (Å²) in [4.78, 5) is 11.0. The second-order valence-corrected chi connectivity index (χ2v) is 3.23. The van der Waals surface area contributed by atoms with Gasteiger partial charge < -0.3 is 0 Å². The van der Waals surface area contributed by atoms with Gasteiger partial charge in [0.05, 0.1) is 5.54 Å². The van der Waals surface area contributed by atoms with Crippen molar-refractivity contribution in [3.05, 3.63) is 0 Å². The summed E-state index contributed by atoms with van der Waals surface area (Å²) in [5, 5.41) is 0. The Labute approximate surface area is 68.5 Å². The maximum Gasteiger partial charge on any atom is 0.150 e. The number of rotatable bonds is 5. The molecule has 0 aromatic carbocycles. The first kappa shape index (κ1) is 10.6. The van der Waals surface area contributed by atoms with E-state index in [9.17, 15) is 4.79 Å². The van der Waals surface area contributed by atoms with E-state index in [1.165, 1.54) is 0 Å². The van der Waals surface area contributed by atoms with Gasteiger partial charge in [0.25, 0.3) is 0 Å². The Kier molecular flexibility index (Phi) is 4.30. The molecule has 0 rings (SSSR count). The van der Waals surface area contributed by atoms with E-state index in [1.54, 1.807) is 6.92 Å². The monoisotopic (exact) mass is 158 g/mol. The van der Waals surface area contributed by atoms with Crippen molar-refractivity contribution in [2.24, 2.45) is 0 Å². The Hall–Kier alpha value is -0.410. The fourth-order valence-corrected chi connectivity index (χ4v) is 0.496. The summed E-state index contributed by atoms with van der Waals surface area (Å²) in [7, 11) is 0. The van der Waals surface area contributed by atoms with E-state index >= 15 is 0 Å². The summed E-state index contributed by atoms with van der Waals surface area (Å²) in [6.45, 7) is 8.27. The van der Waals surface area contributed by atoms with Crippen molar-refractivity contribution >= 4 is 5.78 Å². The second-order valence-electron chi connectivity index (χ2n) is 3.23. The highest BCUT2D eigenvalue weighted by atomic mass is 16.1. The van der Waals surface area contributed by atoms with Crippen molar-refractivity contribution in [1.29, 1.82) is 0 Å². The largest absolute Gasteiger partial charge is 0.298 e. The lowest BCUT2D eigenvalue weighted by Crippen LogP contribution is -2.52. The van der Waals surface area contributed by atoms with Crippen LogP contribution in [0.4, 0.5) is 0 Å². The zero-order valence-corrected chi connectivity index (χ0v) is 7.82. The number of ketones is 1. The molecule has 66 valence electrons. The third kappa shape index (κ3) is 4.11. The first-order valence-electron chi connectivity index (χ1n) is 4.01. The van der Waals surface area contributed by atoms with Crippen LogP contribution in [0.1, 0.15) is 34.1 Å². The normalized spacial score (nSPS) is 11.6. The molecule has 0 aliphatic rings. The van der Waals surface area contributed by atoms with E-state index in [0.717, 1.165) is 13.0 Å². The van der Waals surface area contributed by atoms with E-state index < -0.39 is 5.54 Å². The molecule has 0 spiro atoms. The van der Waals surface area contributed by atoms with E-state index in [2.05, 4.69) is 17.8 Å². The maximum absolute atomic E-state index is 11.0. The Morgan fingerprint density at radius 1 is 1.45 bits per heavy atom. The molecule has 0 heterocycles. The zero-order valence-electron chi connectivity index (χ0n) is 7.82. The van der Waals surface area contributed by atoms with Crippen LogP contribution < -0.4 is 10.9 Å². The molecule has 0 saturated carbocycles. The standard InChI is InChI=1S/C8H18N2O/c1-5-6-9-10-8(3,4)7(2)11/h9-10H,5-6H2,1-4H3. The summed E-state index contributed by atoms with van der Waals surface area (Å²) >= 11 is 0. The smallest absolute Gasteiger partial charge is 0.150 e. The molecule has 0 amide bonds. The van der Waals surface area contributed by atoms with Crippen LogP contribution in [0, 0.1) is 0 Å². The number of carbonyl (C=O) groups is 1. The average Bonchev–Trinajstić information content (AvgIpc) is 1.88. The van der Waals surface area contributed by atoms with Crippen molar-refractivity contribution in [3.63, 3.8) is 0 Å². The van der Waals surface area contributed by atoms with E-state index in [4.69, 9.17) is 0 Å². The minimum Gasteiger partial charge on any atom is -0.298 e. The van der Waals surface area contributed by atoms with Crippen LogP contribution >= 0.6 is 0 Å². The van der Waals surface area contributed by atoms with Gasteiger partial charge in [0.2, 0.25) is 0 Å². The lowest BCUT2D eigenvalue weighted by molar-refractivity contribution is -0.122. The Morgan fingerprint density at radius 2 is 2.00 bits per heavy atom. The molecular weight excluding hydrogens is 140 g/mol. The lowest BCUT2D eigenvalue weighted by atomic mass is 10.0. The molecule has 0 bridgehead atoms. The molecule has 0 unspecified atom stereocenters. The second kappa shape index (κ2) is 4.46. The molecule has 0 aromatic rings. The van der Waals surface area contributed by atoms with Gasteiger partial charge in [-0.25, -0.2) is 5.43 Å². The van der Waals surface area contributed by atoms with Crippen molar-refractivity contribution < 1.29 is 4.79 Å². The van der Waals surface area contributed by atoms with Gasteiger partial charge >= 0.3 is 0 Å². The molecule has 3 heteroatoms. The third-order valence-electron chi connectivity index (χ3n) is 1.66. The minimum atomic E-state index is -0.449. The highest BCUT2D eigenvalue weighted by Crippen LogP contribution is 2.00. The SMILES string of the molecule is CCCNNC(C)(C)C(C)=O. The Balaban J connectivity index is 3.64. The molecule has 0 aromatic heterocycles. The summed E-state index contributed by atoms with van der Waals surface area (Å²) in [5.41, 5.74) is 5.50. The third-order valence-corrected chi connectivity index (χ3v) is 1.66. The molecular formula is C8H18N2O. The molecule has 0 radical (unpaired) electrons. The number of nitrogens with one attached hydrogen (secondary N) is 2. The fraction of sp³-hybridized carbons (Fsp3) is 0.875. The van der Waals surface area contributed by atoms with Crippen LogP contribution in [-0.4, -0.2) is 17.9 Å². The molecule has 11 heavy (non-hydrogen) atoms. The summed E-state index contributed by atoms with van der Waals surface area (Å²) < 4.78 is 0. The van der Waals surface area contributed by atoms with Crippen molar-refractivity contribution in [3.8, 4) is 0 Å². The topological polar surface area (TPSA) is 41.1 Å². The van der Waals surface area contributed by atoms with Gasteiger partial charge in [-0.2, -0.15) is 0 Å². The number of Topliss-reactive ketones (excluding diaryl/α,β-unsaturated/α-hetero) is 1. The highest BCUT2D eigenvalue weighted by molar-refractivity contribution is 5.84. The van der Waals surface area contributed by atoms with Gasteiger partial charge in [-0.05, 0) is 27.2 Å². The van der Waals surface area contributed by atoms with Crippen molar-refractivity contribution in [2.75, 3.05) is 6.54 Å². The van der Waals surface area contributed by atoms with E-state index in [1.807, 2.05) is 13.8 Å². The predicted octanol–water partition coefficient (Wildman–Crippen LogP) is 0.858. The summed E-state index contributed by atoms with van der Waals surface area (Å²) in [6, 6.07) is 0. The molecule has 3 nitrogen and oxygen atoms in total. The number of hydrogen-bond donors (Lipinski definition) is 2. The maximum atomic E-state index is 11.0. The van der Waals surface area contributed by atoms with Gasteiger partial charge in [-0.15, -0.1) is 0 Å². The summed E-state index contributed by atoms with van der Waals surface area (Å²) in [5.74, 6) is 0.140. The van der Waals surface area contributed by atoms with Crippen LogP contribution in [0.5, 0.6) is 0 Å². The minimum absolute atomic E-state index is 0.140. The van der Waals surface area contributed by atoms with Crippen LogP contribution in [0.25, 0.3) is 0 Å². The number of carbonyl (C=O) groups excluding carboxylic acids is 1. The molecule has 0 aliphatic carbocycles. The molecule has 0 atom stereocenters. The molecule has 0 fully saturated rings. The van der Waals surface area contributed by atoms with Gasteiger partial charge in [0.15, 0.2) is 5.78 Å². The fourth-order valence-electron chi connectivity index (χ4n) is 0.496. The predicted molar refractivity (Wildman–Crippen MR) is 46.2 cm³/mol. The first-order valence-corrected chi connectivity index (χ1v) is 4.01. The van der Waals surface area contributed by atoms with Crippen LogP contribution in [-0.2, 0) is 4.79 Å². The van der Waals surface area contributed by atoms with Crippen molar-refractivity contribution in [1.82, 2.24) is 10.9 Å². The van der Waals surface area contributed by atoms with Crippen molar-refractivity contribution in [2.45, 2.75) is 39.7 Å². The van der Waals surface area contributed by atoms with Gasteiger partial charge in [-0.3, -0.25) is 10.2 Å². The lowest BCUT2D eigenvalue weighted by Gasteiger charge is -2.23. The average molecular weight is 158 g/mol. The van der Waals surface area contributed by atoms with Gasteiger partial charge in [0.1, 0.15) is 0 Å². The number of hydrazine groups is 1. The van der Waals surface area contributed by atoms with Crippen LogP contribution in [0.3, 0.4) is 0 Å². The summed E-state index contributed by atoms with van der Waals surface area (Å²) in [6.07, 6.45) is 1.06. The Morgan fingerprint density at radius 3 is 2.36 bits per heavy atom. The van der Waals surface area contributed by atoms with Gasteiger partial charge in [-0.1, -0.05) is 6.92 Å². The highest BCUT2D eigenvalue weighted by Gasteiger charge is 2.21. The first-order chi connectivity index (χ1) is 5.00. The van der Waals surface area contributed by atoms with E-state index in [0.29, 0.717) is 0 Å². The quantitative estimate of drug-likeness (QED) is 0.460.